The highest BCUT2D eigenvalue weighted by atomic mass is 16.4. The third-order valence-electron chi connectivity index (χ3n) is 2.62. The van der Waals surface area contributed by atoms with Crippen molar-refractivity contribution < 1.29 is 14.7 Å². The van der Waals surface area contributed by atoms with Crippen LogP contribution in [0, 0.1) is 0 Å². The zero-order chi connectivity index (χ0) is 14.5. The van der Waals surface area contributed by atoms with Crippen LogP contribution >= 0.6 is 0 Å². The van der Waals surface area contributed by atoms with Gasteiger partial charge in [0.25, 0.3) is 5.91 Å². The van der Waals surface area contributed by atoms with Gasteiger partial charge in [-0.15, -0.1) is 0 Å². The van der Waals surface area contributed by atoms with Crippen molar-refractivity contribution >= 4 is 23.3 Å². The average Bonchev–Trinajstić information content (AvgIpc) is 2.47. The van der Waals surface area contributed by atoms with Gasteiger partial charge in [-0.25, -0.2) is 4.79 Å². The van der Waals surface area contributed by atoms with Crippen LogP contribution in [0.2, 0.25) is 0 Å². The molecular formula is C14H13N3O3. The fraction of sp³-hybridized carbons (Fsp3) is 0.0714. The van der Waals surface area contributed by atoms with Crippen LogP contribution in [0.3, 0.4) is 0 Å². The van der Waals surface area contributed by atoms with Gasteiger partial charge in [0.1, 0.15) is 5.69 Å². The summed E-state index contributed by atoms with van der Waals surface area (Å²) in [6, 6.07) is 9.70. The van der Waals surface area contributed by atoms with E-state index >= 15 is 0 Å². The molecule has 102 valence electrons. The zero-order valence-corrected chi connectivity index (χ0v) is 10.8. The van der Waals surface area contributed by atoms with Crippen LogP contribution in [-0.4, -0.2) is 29.0 Å². The maximum Gasteiger partial charge on any atom is 0.335 e. The van der Waals surface area contributed by atoms with Crippen LogP contribution in [-0.2, 0) is 0 Å². The van der Waals surface area contributed by atoms with E-state index in [0.717, 1.165) is 0 Å². The summed E-state index contributed by atoms with van der Waals surface area (Å²) in [4.78, 5) is 26.3. The van der Waals surface area contributed by atoms with Crippen LogP contribution in [0.4, 0.5) is 11.4 Å². The first kappa shape index (κ1) is 13.5. The number of carbonyl (C=O) groups excluding carboxylic acids is 1. The molecule has 0 aliphatic carbocycles. The van der Waals surface area contributed by atoms with Crippen LogP contribution in [0.15, 0.2) is 42.6 Å². The van der Waals surface area contributed by atoms with Crippen molar-refractivity contribution in [1.82, 2.24) is 10.3 Å². The van der Waals surface area contributed by atoms with Gasteiger partial charge in [0, 0.05) is 24.6 Å². The van der Waals surface area contributed by atoms with Crippen molar-refractivity contribution in [2.75, 3.05) is 12.4 Å². The molecule has 1 aromatic carbocycles. The molecule has 0 saturated carbocycles. The summed E-state index contributed by atoms with van der Waals surface area (Å²) in [6.45, 7) is 0. The summed E-state index contributed by atoms with van der Waals surface area (Å²) < 4.78 is 0. The van der Waals surface area contributed by atoms with Gasteiger partial charge in [-0.1, -0.05) is 6.07 Å². The Hall–Kier alpha value is -2.89. The van der Waals surface area contributed by atoms with E-state index in [4.69, 9.17) is 5.11 Å². The molecule has 6 heteroatoms. The van der Waals surface area contributed by atoms with Crippen molar-refractivity contribution in [1.29, 1.82) is 0 Å². The molecule has 0 radical (unpaired) electrons. The summed E-state index contributed by atoms with van der Waals surface area (Å²) in [6.07, 6.45) is 1.51. The Morgan fingerprint density at radius 2 is 1.90 bits per heavy atom. The largest absolute Gasteiger partial charge is 0.478 e. The number of hydrogen-bond donors (Lipinski definition) is 3. The Balaban J connectivity index is 2.24. The number of aromatic nitrogens is 1. The first-order valence-electron chi connectivity index (χ1n) is 5.88. The van der Waals surface area contributed by atoms with Crippen molar-refractivity contribution in [2.45, 2.75) is 0 Å². The van der Waals surface area contributed by atoms with Crippen molar-refractivity contribution in [2.24, 2.45) is 0 Å². The fourth-order valence-corrected chi connectivity index (χ4v) is 1.66. The number of hydrogen-bond acceptors (Lipinski definition) is 4. The summed E-state index contributed by atoms with van der Waals surface area (Å²) in [5.74, 6) is -1.28. The number of aromatic carboxylic acids is 1. The number of pyridine rings is 1. The molecule has 6 nitrogen and oxygen atoms in total. The lowest BCUT2D eigenvalue weighted by Crippen LogP contribution is -2.19. The molecule has 1 amide bonds. The quantitative estimate of drug-likeness (QED) is 0.789. The standard InChI is InChI=1S/C14H13N3O3/c1-15-13(18)12-8-11(5-6-16-12)17-10-4-2-3-9(7-10)14(19)20/h2-8H,1H3,(H,15,18)(H,16,17)(H,19,20). The van der Waals surface area contributed by atoms with E-state index in [1.165, 1.54) is 25.4 Å². The summed E-state index contributed by atoms with van der Waals surface area (Å²) in [5.41, 5.74) is 1.75. The molecule has 1 aromatic heterocycles. The van der Waals surface area contributed by atoms with Crippen LogP contribution < -0.4 is 10.6 Å². The van der Waals surface area contributed by atoms with E-state index < -0.39 is 5.97 Å². The highest BCUT2D eigenvalue weighted by Crippen LogP contribution is 2.18. The minimum Gasteiger partial charge on any atom is -0.478 e. The minimum absolute atomic E-state index is 0.190. The molecule has 0 saturated heterocycles. The topological polar surface area (TPSA) is 91.3 Å². The maximum absolute atomic E-state index is 11.5. The van der Waals surface area contributed by atoms with E-state index in [0.29, 0.717) is 11.4 Å². The lowest BCUT2D eigenvalue weighted by atomic mass is 10.2. The zero-order valence-electron chi connectivity index (χ0n) is 10.8. The van der Waals surface area contributed by atoms with Gasteiger partial charge < -0.3 is 15.7 Å². The van der Waals surface area contributed by atoms with E-state index in [2.05, 4.69) is 15.6 Å². The first-order chi connectivity index (χ1) is 9.60. The van der Waals surface area contributed by atoms with E-state index in [1.807, 2.05) is 0 Å². The maximum atomic E-state index is 11.5. The molecule has 0 spiro atoms. The number of carbonyl (C=O) groups is 2. The molecular weight excluding hydrogens is 258 g/mol. The Labute approximate surface area is 115 Å². The Morgan fingerprint density at radius 3 is 2.60 bits per heavy atom. The van der Waals surface area contributed by atoms with Crippen molar-refractivity contribution in [3.8, 4) is 0 Å². The second kappa shape index (κ2) is 5.83. The fourth-order valence-electron chi connectivity index (χ4n) is 1.66. The highest BCUT2D eigenvalue weighted by Gasteiger charge is 2.07. The Morgan fingerprint density at radius 1 is 1.15 bits per heavy atom. The van der Waals surface area contributed by atoms with Gasteiger partial charge >= 0.3 is 5.97 Å². The van der Waals surface area contributed by atoms with Gasteiger partial charge in [-0.3, -0.25) is 9.78 Å². The third-order valence-corrected chi connectivity index (χ3v) is 2.62. The number of rotatable bonds is 4. The van der Waals surface area contributed by atoms with Gasteiger partial charge in [0.15, 0.2) is 0 Å². The number of benzene rings is 1. The van der Waals surface area contributed by atoms with Crippen molar-refractivity contribution in [3.63, 3.8) is 0 Å². The normalized spacial score (nSPS) is 9.85. The minimum atomic E-state index is -0.991. The molecule has 2 aromatic rings. The Bertz CT molecular complexity index is 656. The number of anilines is 2. The van der Waals surface area contributed by atoms with Gasteiger partial charge in [0.2, 0.25) is 0 Å². The molecule has 0 aliphatic heterocycles. The molecule has 3 N–H and O–H groups in total. The molecule has 0 aliphatic rings. The van der Waals surface area contributed by atoms with Crippen LogP contribution in [0.25, 0.3) is 0 Å². The van der Waals surface area contributed by atoms with E-state index in [1.54, 1.807) is 24.3 Å². The number of carboxylic acid groups (broad SMARTS) is 1. The van der Waals surface area contributed by atoms with E-state index in [9.17, 15) is 9.59 Å². The molecule has 0 atom stereocenters. The van der Waals surface area contributed by atoms with Crippen LogP contribution in [0.1, 0.15) is 20.8 Å². The SMILES string of the molecule is CNC(=O)c1cc(Nc2cccc(C(=O)O)c2)ccn1. The van der Waals surface area contributed by atoms with Gasteiger partial charge in [0.05, 0.1) is 5.56 Å². The van der Waals surface area contributed by atoms with E-state index in [-0.39, 0.29) is 17.2 Å². The molecule has 0 unspecified atom stereocenters. The monoisotopic (exact) mass is 271 g/mol. The average molecular weight is 271 g/mol. The second-order valence-corrected chi connectivity index (χ2v) is 4.02. The number of carboxylic acids is 1. The molecule has 1 heterocycles. The third kappa shape index (κ3) is 3.11. The molecule has 2 rings (SSSR count). The Kier molecular flexibility index (Phi) is 3.95. The number of nitrogens with zero attached hydrogens (tertiary/aromatic N) is 1. The summed E-state index contributed by atoms with van der Waals surface area (Å²) in [7, 11) is 1.53. The van der Waals surface area contributed by atoms with Gasteiger partial charge in [-0.05, 0) is 30.3 Å². The van der Waals surface area contributed by atoms with Crippen LogP contribution in [0.5, 0.6) is 0 Å². The van der Waals surface area contributed by atoms with Gasteiger partial charge in [-0.2, -0.15) is 0 Å². The predicted molar refractivity (Wildman–Crippen MR) is 74.3 cm³/mol. The number of amides is 1. The van der Waals surface area contributed by atoms with Crippen molar-refractivity contribution in [3.05, 3.63) is 53.9 Å². The second-order valence-electron chi connectivity index (χ2n) is 4.02. The smallest absolute Gasteiger partial charge is 0.335 e. The molecule has 0 bridgehead atoms. The summed E-state index contributed by atoms with van der Waals surface area (Å²) >= 11 is 0. The summed E-state index contributed by atoms with van der Waals surface area (Å²) in [5, 5.41) is 14.5. The molecule has 0 fully saturated rings. The number of nitrogens with one attached hydrogen (secondary N) is 2. The highest BCUT2D eigenvalue weighted by molar-refractivity contribution is 5.93. The predicted octanol–water partition coefficient (Wildman–Crippen LogP) is 1.88. The lowest BCUT2D eigenvalue weighted by molar-refractivity contribution is 0.0696. The lowest BCUT2D eigenvalue weighted by Gasteiger charge is -2.08. The molecule has 20 heavy (non-hydrogen) atoms. The first-order valence-corrected chi connectivity index (χ1v) is 5.88.